The van der Waals surface area contributed by atoms with Crippen LogP contribution in [0.3, 0.4) is 0 Å². The number of carbonyl (C=O) groups excluding carboxylic acids is 1. The highest BCUT2D eigenvalue weighted by Gasteiger charge is 2.40. The molecule has 1 aromatic carbocycles. The summed E-state index contributed by atoms with van der Waals surface area (Å²) in [5.74, 6) is -0.310. The maximum Gasteiger partial charge on any atom is 0.323 e. The van der Waals surface area contributed by atoms with Gasteiger partial charge in [0.2, 0.25) is 0 Å². The van der Waals surface area contributed by atoms with Gasteiger partial charge in [0, 0.05) is 5.92 Å². The Morgan fingerprint density at radius 1 is 1.29 bits per heavy atom. The Hall–Kier alpha value is -1.35. The molecule has 2 rings (SSSR count). The van der Waals surface area contributed by atoms with E-state index in [2.05, 4.69) is 0 Å². The van der Waals surface area contributed by atoms with Gasteiger partial charge in [-0.15, -0.1) is 0 Å². The summed E-state index contributed by atoms with van der Waals surface area (Å²) in [5.41, 5.74) is 6.84. The number of ether oxygens (including phenoxy) is 1. The number of benzene rings is 1. The lowest BCUT2D eigenvalue weighted by Gasteiger charge is -2.15. The van der Waals surface area contributed by atoms with E-state index in [0.717, 1.165) is 5.56 Å². The van der Waals surface area contributed by atoms with Crippen LogP contribution >= 0.6 is 0 Å². The van der Waals surface area contributed by atoms with Crippen LogP contribution in [0.5, 0.6) is 0 Å². The summed E-state index contributed by atoms with van der Waals surface area (Å²) in [7, 11) is 0. The Labute approximate surface area is 82.9 Å². The van der Waals surface area contributed by atoms with Crippen LogP contribution in [0.1, 0.15) is 18.4 Å². The van der Waals surface area contributed by atoms with Crippen LogP contribution in [0.15, 0.2) is 30.3 Å². The van der Waals surface area contributed by atoms with Crippen LogP contribution < -0.4 is 5.73 Å². The highest BCUT2D eigenvalue weighted by Crippen LogP contribution is 2.30. The Kier molecular flexibility index (Phi) is 2.25. The van der Waals surface area contributed by atoms with Gasteiger partial charge in [0.25, 0.3) is 0 Å². The summed E-state index contributed by atoms with van der Waals surface area (Å²) in [6.45, 7) is 1.88. The van der Waals surface area contributed by atoms with E-state index >= 15 is 0 Å². The molecule has 1 unspecified atom stereocenters. The number of carbonyl (C=O) groups is 1. The molecule has 1 aromatic rings. The first kappa shape index (κ1) is 9.21. The first-order valence-electron chi connectivity index (χ1n) is 4.71. The van der Waals surface area contributed by atoms with Gasteiger partial charge >= 0.3 is 5.97 Å². The highest BCUT2D eigenvalue weighted by molar-refractivity contribution is 5.79. The molecule has 1 aliphatic heterocycles. The quantitative estimate of drug-likeness (QED) is 0.675. The third kappa shape index (κ3) is 1.40. The topological polar surface area (TPSA) is 52.3 Å². The molecular formula is C11H13NO2. The highest BCUT2D eigenvalue weighted by atomic mass is 16.6. The van der Waals surface area contributed by atoms with Crippen molar-refractivity contribution in [3.8, 4) is 0 Å². The molecule has 0 amide bonds. The van der Waals surface area contributed by atoms with Gasteiger partial charge in [0.05, 0.1) is 0 Å². The molecule has 0 spiro atoms. The van der Waals surface area contributed by atoms with E-state index in [9.17, 15) is 4.79 Å². The molecule has 3 atom stereocenters. The van der Waals surface area contributed by atoms with Gasteiger partial charge in [-0.25, -0.2) is 0 Å². The summed E-state index contributed by atoms with van der Waals surface area (Å²) >= 11 is 0. The summed E-state index contributed by atoms with van der Waals surface area (Å²) < 4.78 is 5.08. The van der Waals surface area contributed by atoms with Gasteiger partial charge in [-0.3, -0.25) is 4.79 Å². The number of hydrogen-bond donors (Lipinski definition) is 1. The molecule has 1 aliphatic rings. The van der Waals surface area contributed by atoms with Crippen molar-refractivity contribution in [3.63, 3.8) is 0 Å². The lowest BCUT2D eigenvalue weighted by molar-refractivity contribution is -0.141. The minimum Gasteiger partial charge on any atom is -0.461 e. The van der Waals surface area contributed by atoms with Gasteiger partial charge in [-0.2, -0.15) is 0 Å². The van der Waals surface area contributed by atoms with E-state index in [0.29, 0.717) is 0 Å². The number of esters is 1. The maximum absolute atomic E-state index is 11.2. The Morgan fingerprint density at radius 2 is 1.93 bits per heavy atom. The summed E-state index contributed by atoms with van der Waals surface area (Å²) in [5, 5.41) is 0. The van der Waals surface area contributed by atoms with Crippen molar-refractivity contribution in [3.05, 3.63) is 35.9 Å². The lowest BCUT2D eigenvalue weighted by Crippen LogP contribution is -2.31. The lowest BCUT2D eigenvalue weighted by atomic mass is 9.90. The zero-order valence-electron chi connectivity index (χ0n) is 8.01. The van der Waals surface area contributed by atoms with Crippen molar-refractivity contribution >= 4 is 5.97 Å². The first-order valence-corrected chi connectivity index (χ1v) is 4.71. The van der Waals surface area contributed by atoms with Gasteiger partial charge in [-0.1, -0.05) is 30.3 Å². The van der Waals surface area contributed by atoms with Gasteiger partial charge in [0.1, 0.15) is 12.1 Å². The van der Waals surface area contributed by atoms with Crippen molar-refractivity contribution in [2.75, 3.05) is 0 Å². The SMILES string of the molecule is CC1OC(=O)[C@@H](N)[C@@H]1c1ccccc1. The number of rotatable bonds is 1. The molecule has 3 nitrogen and oxygen atoms in total. The molecule has 74 valence electrons. The van der Waals surface area contributed by atoms with Crippen LogP contribution in [0.2, 0.25) is 0 Å². The molecule has 1 heterocycles. The molecule has 0 radical (unpaired) electrons. The predicted octanol–water partition coefficient (Wildman–Crippen LogP) is 1.04. The van der Waals surface area contributed by atoms with E-state index in [4.69, 9.17) is 10.5 Å². The molecule has 0 saturated carbocycles. The van der Waals surface area contributed by atoms with Crippen LogP contribution in [0.25, 0.3) is 0 Å². The minimum atomic E-state index is -0.521. The normalized spacial score (nSPS) is 31.6. The second-order valence-corrected chi connectivity index (χ2v) is 3.60. The number of hydrogen-bond acceptors (Lipinski definition) is 3. The summed E-state index contributed by atoms with van der Waals surface area (Å²) in [6, 6.07) is 9.26. The summed E-state index contributed by atoms with van der Waals surface area (Å²) in [4.78, 5) is 11.2. The third-order valence-corrected chi connectivity index (χ3v) is 2.65. The van der Waals surface area contributed by atoms with E-state index in [1.54, 1.807) is 0 Å². The Balaban J connectivity index is 2.31. The summed E-state index contributed by atoms with van der Waals surface area (Å²) in [6.07, 6.45) is -0.125. The molecule has 1 fully saturated rings. The van der Waals surface area contributed by atoms with Crippen LogP contribution in [0.4, 0.5) is 0 Å². The van der Waals surface area contributed by atoms with Gasteiger partial charge < -0.3 is 10.5 Å². The third-order valence-electron chi connectivity index (χ3n) is 2.65. The largest absolute Gasteiger partial charge is 0.461 e. The average molecular weight is 191 g/mol. The zero-order valence-corrected chi connectivity index (χ0v) is 8.01. The van der Waals surface area contributed by atoms with Crippen molar-refractivity contribution in [2.45, 2.75) is 25.0 Å². The van der Waals surface area contributed by atoms with E-state index < -0.39 is 6.04 Å². The molecule has 3 heteroatoms. The van der Waals surface area contributed by atoms with E-state index in [-0.39, 0.29) is 18.0 Å². The second kappa shape index (κ2) is 3.42. The first-order chi connectivity index (χ1) is 6.70. The van der Waals surface area contributed by atoms with E-state index in [1.807, 2.05) is 37.3 Å². The second-order valence-electron chi connectivity index (χ2n) is 3.60. The molecule has 1 saturated heterocycles. The molecular weight excluding hydrogens is 178 g/mol. The molecule has 0 aliphatic carbocycles. The number of cyclic esters (lactones) is 1. The monoisotopic (exact) mass is 191 g/mol. The fourth-order valence-corrected chi connectivity index (χ4v) is 1.93. The number of nitrogens with two attached hydrogens (primary N) is 1. The zero-order chi connectivity index (χ0) is 10.1. The molecule has 2 N–H and O–H groups in total. The molecule has 0 bridgehead atoms. The van der Waals surface area contributed by atoms with Gasteiger partial charge in [0.15, 0.2) is 0 Å². The van der Waals surface area contributed by atoms with E-state index in [1.165, 1.54) is 0 Å². The standard InChI is InChI=1S/C11H13NO2/c1-7-9(10(12)11(13)14-7)8-5-3-2-4-6-8/h2-7,9-10H,12H2,1H3/t7?,9-,10-/m0/s1. The Bertz CT molecular complexity index is 336. The van der Waals surface area contributed by atoms with Crippen LogP contribution in [0, 0.1) is 0 Å². The fourth-order valence-electron chi connectivity index (χ4n) is 1.93. The van der Waals surface area contributed by atoms with Crippen molar-refractivity contribution in [1.82, 2.24) is 0 Å². The van der Waals surface area contributed by atoms with Crippen LogP contribution in [-0.4, -0.2) is 18.1 Å². The Morgan fingerprint density at radius 3 is 2.43 bits per heavy atom. The van der Waals surface area contributed by atoms with Crippen molar-refractivity contribution < 1.29 is 9.53 Å². The minimum absolute atomic E-state index is 0.0105. The smallest absolute Gasteiger partial charge is 0.323 e. The molecule has 14 heavy (non-hydrogen) atoms. The van der Waals surface area contributed by atoms with Crippen LogP contribution in [-0.2, 0) is 9.53 Å². The average Bonchev–Trinajstić information content (AvgIpc) is 2.43. The van der Waals surface area contributed by atoms with Gasteiger partial charge in [-0.05, 0) is 12.5 Å². The molecule has 0 aromatic heterocycles. The predicted molar refractivity (Wildman–Crippen MR) is 52.7 cm³/mol. The fraction of sp³-hybridized carbons (Fsp3) is 0.364. The van der Waals surface area contributed by atoms with Crippen molar-refractivity contribution in [1.29, 1.82) is 0 Å². The maximum atomic E-state index is 11.2. The van der Waals surface area contributed by atoms with Crippen molar-refractivity contribution in [2.24, 2.45) is 5.73 Å².